The Hall–Kier alpha value is -2.88. The highest BCUT2D eigenvalue weighted by Crippen LogP contribution is 2.40. The average Bonchev–Trinajstić information content (AvgIpc) is 3.24. The molecule has 10 heteroatoms. The normalized spacial score (nSPS) is 14.9. The van der Waals surface area contributed by atoms with Gasteiger partial charge >= 0.3 is 6.18 Å². The first-order chi connectivity index (χ1) is 14.2. The van der Waals surface area contributed by atoms with E-state index in [9.17, 15) is 22.4 Å². The van der Waals surface area contributed by atoms with Crippen molar-refractivity contribution in [1.29, 1.82) is 0 Å². The molecule has 0 aliphatic carbocycles. The second-order valence-electron chi connectivity index (χ2n) is 6.92. The van der Waals surface area contributed by atoms with Crippen molar-refractivity contribution in [2.75, 3.05) is 4.90 Å². The second kappa shape index (κ2) is 7.42. The van der Waals surface area contributed by atoms with E-state index < -0.39 is 23.5 Å². The molecule has 30 heavy (non-hydrogen) atoms. The quantitative estimate of drug-likeness (QED) is 0.427. The number of anilines is 1. The number of hydrogen-bond donors (Lipinski definition) is 0. The third-order valence-electron chi connectivity index (χ3n) is 4.96. The Bertz CT molecular complexity index is 1130. The van der Waals surface area contributed by atoms with Crippen molar-refractivity contribution in [3.8, 4) is 0 Å². The average molecular weight is 436 g/mol. The molecule has 1 aliphatic rings. The van der Waals surface area contributed by atoms with E-state index in [4.69, 9.17) is 0 Å². The number of amides is 1. The molecule has 1 atom stereocenters. The Morgan fingerprint density at radius 2 is 1.97 bits per heavy atom. The summed E-state index contributed by atoms with van der Waals surface area (Å²) in [6.45, 7) is 1.55. The summed E-state index contributed by atoms with van der Waals surface area (Å²) in [6, 6.07) is 7.76. The molecule has 0 fully saturated rings. The van der Waals surface area contributed by atoms with Gasteiger partial charge in [0.05, 0.1) is 17.8 Å². The van der Waals surface area contributed by atoms with Gasteiger partial charge in [-0.05, 0) is 42.3 Å². The van der Waals surface area contributed by atoms with Crippen molar-refractivity contribution in [3.63, 3.8) is 0 Å². The minimum Gasteiger partial charge on any atom is -0.312 e. The molecule has 0 unspecified atom stereocenters. The molecule has 3 aromatic rings. The van der Waals surface area contributed by atoms with Gasteiger partial charge in [-0.15, -0.1) is 10.2 Å². The van der Waals surface area contributed by atoms with Crippen LogP contribution in [0.2, 0.25) is 0 Å². The Labute approximate surface area is 173 Å². The van der Waals surface area contributed by atoms with Gasteiger partial charge in [-0.25, -0.2) is 4.39 Å². The summed E-state index contributed by atoms with van der Waals surface area (Å²) in [7, 11) is 1.80. The zero-order valence-electron chi connectivity index (χ0n) is 15.9. The summed E-state index contributed by atoms with van der Waals surface area (Å²) in [6.07, 6.45) is -3.03. The number of carbonyl (C=O) groups is 1. The summed E-state index contributed by atoms with van der Waals surface area (Å²) >= 11 is 1.40. The number of benzene rings is 2. The fourth-order valence-corrected chi connectivity index (χ4v) is 4.29. The smallest absolute Gasteiger partial charge is 0.312 e. The van der Waals surface area contributed by atoms with E-state index in [0.717, 1.165) is 11.0 Å². The predicted molar refractivity (Wildman–Crippen MR) is 104 cm³/mol. The highest BCUT2D eigenvalue weighted by molar-refractivity contribution is 7.99. The maximum absolute atomic E-state index is 14.6. The van der Waals surface area contributed by atoms with Crippen LogP contribution in [0.4, 0.5) is 23.2 Å². The minimum atomic E-state index is -4.59. The van der Waals surface area contributed by atoms with Crippen LogP contribution in [0, 0.1) is 5.82 Å². The van der Waals surface area contributed by atoms with Crippen LogP contribution in [-0.4, -0.2) is 20.7 Å². The molecule has 0 saturated carbocycles. The topological polar surface area (TPSA) is 51.0 Å². The van der Waals surface area contributed by atoms with Crippen LogP contribution in [0.25, 0.3) is 0 Å². The van der Waals surface area contributed by atoms with Gasteiger partial charge in [0.15, 0.2) is 5.16 Å². The molecule has 2 heterocycles. The number of nitrogens with zero attached hydrogens (tertiary/aromatic N) is 4. The number of thioether (sulfide) groups is 1. The zero-order chi connectivity index (χ0) is 21.6. The van der Waals surface area contributed by atoms with Crippen LogP contribution in [0.5, 0.6) is 0 Å². The number of aryl methyl sites for hydroxylation is 1. The second-order valence-corrected chi connectivity index (χ2v) is 8.22. The van der Waals surface area contributed by atoms with Crippen LogP contribution in [-0.2, 0) is 19.8 Å². The van der Waals surface area contributed by atoms with Gasteiger partial charge in [0, 0.05) is 17.9 Å². The molecule has 1 aliphatic heterocycles. The summed E-state index contributed by atoms with van der Waals surface area (Å²) in [5.41, 5.74) is -0.414. The Morgan fingerprint density at radius 1 is 1.20 bits per heavy atom. The summed E-state index contributed by atoms with van der Waals surface area (Å²) in [5.74, 6) is -1.33. The number of hydrogen-bond acceptors (Lipinski definition) is 4. The first kappa shape index (κ1) is 20.4. The fourth-order valence-electron chi connectivity index (χ4n) is 3.39. The van der Waals surface area contributed by atoms with E-state index in [1.165, 1.54) is 36.0 Å². The Kier molecular flexibility index (Phi) is 5.05. The third kappa shape index (κ3) is 3.55. The largest absolute Gasteiger partial charge is 0.416 e. The van der Waals surface area contributed by atoms with Gasteiger partial charge in [-0.3, -0.25) is 4.79 Å². The standard InChI is InChI=1S/C20H16F4N4OS/c1-11(30-19-26-25-10-27(19)2)12-6-7-16(21)17(8-12)28-9-14-13(18(28)29)4-3-5-15(14)20(22,23)24/h3-8,10-11H,9H2,1-2H3/t11-/m1/s1. The number of carbonyl (C=O) groups excluding carboxylic acids is 1. The number of alkyl halides is 3. The Balaban J connectivity index is 1.67. The summed E-state index contributed by atoms with van der Waals surface area (Å²) < 4.78 is 56.4. The molecule has 0 N–H and O–H groups in total. The van der Waals surface area contributed by atoms with E-state index in [0.29, 0.717) is 10.7 Å². The molecule has 0 radical (unpaired) electrons. The van der Waals surface area contributed by atoms with Crippen molar-refractivity contribution in [2.45, 2.75) is 30.1 Å². The van der Waals surface area contributed by atoms with Gasteiger partial charge in [-0.2, -0.15) is 13.2 Å². The number of fused-ring (bicyclic) bond motifs is 1. The lowest BCUT2D eigenvalue weighted by Gasteiger charge is -2.20. The van der Waals surface area contributed by atoms with E-state index >= 15 is 0 Å². The molecule has 0 spiro atoms. The summed E-state index contributed by atoms with van der Waals surface area (Å²) in [4.78, 5) is 13.8. The maximum atomic E-state index is 14.6. The van der Waals surface area contributed by atoms with Crippen molar-refractivity contribution in [2.24, 2.45) is 7.05 Å². The van der Waals surface area contributed by atoms with E-state index in [2.05, 4.69) is 10.2 Å². The predicted octanol–water partition coefficient (Wildman–Crippen LogP) is 4.99. The number of rotatable bonds is 4. The molecule has 2 aromatic carbocycles. The van der Waals surface area contributed by atoms with Gasteiger partial charge in [0.25, 0.3) is 5.91 Å². The lowest BCUT2D eigenvalue weighted by molar-refractivity contribution is -0.138. The molecule has 1 amide bonds. The highest BCUT2D eigenvalue weighted by atomic mass is 32.2. The lowest BCUT2D eigenvalue weighted by atomic mass is 10.0. The van der Waals surface area contributed by atoms with E-state index in [1.807, 2.05) is 6.92 Å². The Morgan fingerprint density at radius 3 is 2.63 bits per heavy atom. The van der Waals surface area contributed by atoms with Crippen LogP contribution in [0.15, 0.2) is 47.9 Å². The maximum Gasteiger partial charge on any atom is 0.416 e. The van der Waals surface area contributed by atoms with Crippen molar-refractivity contribution in [1.82, 2.24) is 14.8 Å². The third-order valence-corrected chi connectivity index (χ3v) is 6.16. The van der Waals surface area contributed by atoms with Gasteiger partial charge < -0.3 is 9.47 Å². The van der Waals surface area contributed by atoms with Gasteiger partial charge in [0.1, 0.15) is 12.1 Å². The van der Waals surface area contributed by atoms with E-state index in [1.54, 1.807) is 24.0 Å². The zero-order valence-corrected chi connectivity index (χ0v) is 16.8. The van der Waals surface area contributed by atoms with Crippen LogP contribution < -0.4 is 4.90 Å². The number of halogens is 4. The number of aromatic nitrogens is 3. The minimum absolute atomic E-state index is 0.0489. The fraction of sp³-hybridized carbons (Fsp3) is 0.250. The van der Waals surface area contributed by atoms with Crippen LogP contribution in [0.1, 0.15) is 39.2 Å². The molecular formula is C20H16F4N4OS. The molecule has 156 valence electrons. The molecule has 5 nitrogen and oxygen atoms in total. The van der Waals surface area contributed by atoms with Crippen LogP contribution >= 0.6 is 11.8 Å². The SMILES string of the molecule is C[C@@H](Sc1nncn1C)c1ccc(F)c(N2Cc3c(cccc3C(F)(F)F)C2=O)c1. The molecule has 0 saturated heterocycles. The van der Waals surface area contributed by atoms with E-state index in [-0.39, 0.29) is 28.6 Å². The van der Waals surface area contributed by atoms with Gasteiger partial charge in [0.2, 0.25) is 0 Å². The summed E-state index contributed by atoms with van der Waals surface area (Å²) in [5, 5.41) is 8.32. The van der Waals surface area contributed by atoms with Crippen molar-refractivity contribution < 1.29 is 22.4 Å². The first-order valence-corrected chi connectivity index (χ1v) is 9.86. The molecule has 1 aromatic heterocycles. The molecular weight excluding hydrogens is 420 g/mol. The molecule has 0 bridgehead atoms. The van der Waals surface area contributed by atoms with Gasteiger partial charge in [-0.1, -0.05) is 23.9 Å². The monoisotopic (exact) mass is 436 g/mol. The van der Waals surface area contributed by atoms with Crippen molar-refractivity contribution >= 4 is 23.4 Å². The first-order valence-electron chi connectivity index (χ1n) is 8.98. The van der Waals surface area contributed by atoms with Crippen LogP contribution in [0.3, 0.4) is 0 Å². The lowest BCUT2D eigenvalue weighted by Crippen LogP contribution is -2.24. The van der Waals surface area contributed by atoms with Crippen molar-refractivity contribution in [3.05, 3.63) is 70.8 Å². The molecule has 4 rings (SSSR count). The highest BCUT2D eigenvalue weighted by Gasteiger charge is 2.40.